The highest BCUT2D eigenvalue weighted by molar-refractivity contribution is 6.29. The molecule has 1 aliphatic rings. The van der Waals surface area contributed by atoms with Gasteiger partial charge in [0.2, 0.25) is 5.91 Å². The van der Waals surface area contributed by atoms with Crippen LogP contribution >= 0.6 is 11.6 Å². The number of carbonyl (C=O) groups excluding carboxylic acids is 2. The molecule has 1 amide bonds. The molecule has 2 aromatic carbocycles. The van der Waals surface area contributed by atoms with Crippen molar-refractivity contribution in [1.29, 1.82) is 0 Å². The van der Waals surface area contributed by atoms with Crippen molar-refractivity contribution < 1.29 is 23.8 Å². The zero-order chi connectivity index (χ0) is 19.2. The number of fused-ring (bicyclic) bond motifs is 1. The van der Waals surface area contributed by atoms with Crippen LogP contribution in [0.5, 0.6) is 17.2 Å². The fourth-order valence-corrected chi connectivity index (χ4v) is 2.80. The summed E-state index contributed by atoms with van der Waals surface area (Å²) in [6, 6.07) is 12.6. The van der Waals surface area contributed by atoms with Gasteiger partial charge in [-0.05, 0) is 36.8 Å². The quantitative estimate of drug-likeness (QED) is 0.680. The molecular formula is C20H20ClNO5. The summed E-state index contributed by atoms with van der Waals surface area (Å²) >= 11 is 5.80. The number of benzene rings is 2. The second-order valence-electron chi connectivity index (χ2n) is 6.08. The van der Waals surface area contributed by atoms with Crippen molar-refractivity contribution in [2.75, 3.05) is 30.6 Å². The number of Topliss-reactive ketones (excluding diaryl/α,β-unsaturated/α-hetero) is 1. The molecule has 0 unspecified atom stereocenters. The molecule has 27 heavy (non-hydrogen) atoms. The molecule has 7 heteroatoms. The summed E-state index contributed by atoms with van der Waals surface area (Å²) in [5.74, 6) is 1.48. The number of ether oxygens (including phenoxy) is 3. The van der Waals surface area contributed by atoms with Gasteiger partial charge in [0.05, 0.1) is 6.54 Å². The minimum absolute atomic E-state index is 0.0351. The summed E-state index contributed by atoms with van der Waals surface area (Å²) in [6.45, 7) is 2.83. The van der Waals surface area contributed by atoms with Crippen LogP contribution in [0.25, 0.3) is 0 Å². The van der Waals surface area contributed by atoms with Crippen molar-refractivity contribution in [2.45, 2.75) is 13.5 Å². The smallest absolute Gasteiger partial charge is 0.242 e. The van der Waals surface area contributed by atoms with E-state index in [2.05, 4.69) is 0 Å². The summed E-state index contributed by atoms with van der Waals surface area (Å²) < 4.78 is 16.5. The van der Waals surface area contributed by atoms with Gasteiger partial charge < -0.3 is 19.1 Å². The Morgan fingerprint density at radius 2 is 1.78 bits per heavy atom. The SMILES string of the molecule is CC(=O)COc1ccc(CN(C(=O)CCl)c2ccc3c(c2)OCCO3)cc1. The Bertz CT molecular complexity index is 822. The number of halogens is 1. The lowest BCUT2D eigenvalue weighted by Crippen LogP contribution is -2.31. The summed E-state index contributed by atoms with van der Waals surface area (Å²) in [7, 11) is 0. The third-order valence-electron chi connectivity index (χ3n) is 3.96. The summed E-state index contributed by atoms with van der Waals surface area (Å²) in [5.41, 5.74) is 1.58. The number of nitrogens with zero attached hydrogens (tertiary/aromatic N) is 1. The Kier molecular flexibility index (Phi) is 6.19. The van der Waals surface area contributed by atoms with Crippen molar-refractivity contribution in [3.63, 3.8) is 0 Å². The molecule has 6 nitrogen and oxygen atoms in total. The zero-order valence-electron chi connectivity index (χ0n) is 14.9. The molecule has 3 rings (SSSR count). The number of alkyl halides is 1. The maximum atomic E-state index is 12.4. The van der Waals surface area contributed by atoms with Crippen molar-refractivity contribution in [2.24, 2.45) is 0 Å². The van der Waals surface area contributed by atoms with E-state index in [9.17, 15) is 9.59 Å². The number of hydrogen-bond acceptors (Lipinski definition) is 5. The highest BCUT2D eigenvalue weighted by Gasteiger charge is 2.19. The van der Waals surface area contributed by atoms with Crippen LogP contribution in [-0.2, 0) is 16.1 Å². The molecule has 0 radical (unpaired) electrons. The van der Waals surface area contributed by atoms with Crippen LogP contribution in [0.2, 0.25) is 0 Å². The minimum Gasteiger partial charge on any atom is -0.486 e. The number of rotatable bonds is 7. The molecule has 1 heterocycles. The van der Waals surface area contributed by atoms with E-state index in [1.807, 2.05) is 18.2 Å². The highest BCUT2D eigenvalue weighted by atomic mass is 35.5. The van der Waals surface area contributed by atoms with E-state index in [1.165, 1.54) is 6.92 Å². The Morgan fingerprint density at radius 1 is 1.07 bits per heavy atom. The standard InChI is InChI=1S/C20H20ClNO5/c1-14(23)13-27-17-5-2-15(3-6-17)12-22(20(24)11-21)16-4-7-18-19(10-16)26-9-8-25-18/h2-7,10H,8-9,11-13H2,1H3. The van der Waals surface area contributed by atoms with Crippen LogP contribution in [0.1, 0.15) is 12.5 Å². The average molecular weight is 390 g/mol. The van der Waals surface area contributed by atoms with Crippen LogP contribution in [0.3, 0.4) is 0 Å². The first-order valence-corrected chi connectivity index (χ1v) is 9.07. The van der Waals surface area contributed by atoms with E-state index in [4.69, 9.17) is 25.8 Å². The molecule has 0 aromatic heterocycles. The Labute approximate surface area is 162 Å². The lowest BCUT2D eigenvalue weighted by molar-refractivity contribution is -0.119. The van der Waals surface area contributed by atoms with E-state index in [-0.39, 0.29) is 24.2 Å². The van der Waals surface area contributed by atoms with E-state index in [0.29, 0.717) is 42.7 Å². The van der Waals surface area contributed by atoms with Gasteiger partial charge in [-0.2, -0.15) is 0 Å². The van der Waals surface area contributed by atoms with Gasteiger partial charge in [0.1, 0.15) is 31.5 Å². The van der Waals surface area contributed by atoms with Gasteiger partial charge >= 0.3 is 0 Å². The van der Waals surface area contributed by atoms with E-state index in [0.717, 1.165) is 5.56 Å². The summed E-state index contributed by atoms with van der Waals surface area (Å²) in [6.07, 6.45) is 0. The first kappa shape index (κ1) is 19.0. The normalized spacial score (nSPS) is 12.4. The lowest BCUT2D eigenvalue weighted by Gasteiger charge is -2.25. The highest BCUT2D eigenvalue weighted by Crippen LogP contribution is 2.34. The zero-order valence-corrected chi connectivity index (χ0v) is 15.7. The molecular weight excluding hydrogens is 370 g/mol. The first-order valence-electron chi connectivity index (χ1n) is 8.54. The van der Waals surface area contributed by atoms with Crippen LogP contribution in [0.15, 0.2) is 42.5 Å². The van der Waals surface area contributed by atoms with Crippen LogP contribution < -0.4 is 19.1 Å². The van der Waals surface area contributed by atoms with E-state index in [1.54, 1.807) is 29.2 Å². The third kappa shape index (κ3) is 4.92. The summed E-state index contributed by atoms with van der Waals surface area (Å²) in [5, 5.41) is 0. The molecule has 0 saturated heterocycles. The molecule has 0 atom stereocenters. The largest absolute Gasteiger partial charge is 0.486 e. The monoisotopic (exact) mass is 389 g/mol. The molecule has 2 aromatic rings. The van der Waals surface area contributed by atoms with E-state index < -0.39 is 0 Å². The van der Waals surface area contributed by atoms with Crippen molar-refractivity contribution >= 4 is 29.0 Å². The van der Waals surface area contributed by atoms with Crippen LogP contribution in [0.4, 0.5) is 5.69 Å². The number of amides is 1. The predicted octanol–water partition coefficient (Wildman–Crippen LogP) is 3.20. The number of hydrogen-bond donors (Lipinski definition) is 0. The molecule has 1 aliphatic heterocycles. The number of anilines is 1. The molecule has 142 valence electrons. The van der Waals surface area contributed by atoms with E-state index >= 15 is 0 Å². The molecule has 0 bridgehead atoms. The van der Waals surface area contributed by atoms with Crippen LogP contribution in [0, 0.1) is 0 Å². The van der Waals surface area contributed by atoms with Crippen molar-refractivity contribution in [1.82, 2.24) is 0 Å². The van der Waals surface area contributed by atoms with Gasteiger partial charge in [0.25, 0.3) is 0 Å². The Morgan fingerprint density at radius 3 is 2.44 bits per heavy atom. The third-order valence-corrected chi connectivity index (χ3v) is 4.19. The molecule has 0 N–H and O–H groups in total. The van der Waals surface area contributed by atoms with Gasteiger partial charge in [0.15, 0.2) is 17.3 Å². The Hall–Kier alpha value is -2.73. The lowest BCUT2D eigenvalue weighted by atomic mass is 10.1. The molecule has 0 aliphatic carbocycles. The van der Waals surface area contributed by atoms with Gasteiger partial charge in [0, 0.05) is 11.8 Å². The van der Waals surface area contributed by atoms with Gasteiger partial charge in [-0.15, -0.1) is 11.6 Å². The second kappa shape index (κ2) is 8.77. The van der Waals surface area contributed by atoms with Crippen LogP contribution in [-0.4, -0.2) is 37.4 Å². The van der Waals surface area contributed by atoms with Crippen molar-refractivity contribution in [3.05, 3.63) is 48.0 Å². The number of carbonyl (C=O) groups is 2. The second-order valence-corrected chi connectivity index (χ2v) is 6.34. The predicted molar refractivity (Wildman–Crippen MR) is 102 cm³/mol. The van der Waals surface area contributed by atoms with Gasteiger partial charge in [-0.3, -0.25) is 9.59 Å². The Balaban J connectivity index is 1.77. The minimum atomic E-state index is -0.217. The summed E-state index contributed by atoms with van der Waals surface area (Å²) in [4.78, 5) is 25.0. The number of ketones is 1. The maximum Gasteiger partial charge on any atom is 0.242 e. The van der Waals surface area contributed by atoms with Crippen molar-refractivity contribution in [3.8, 4) is 17.2 Å². The fourth-order valence-electron chi connectivity index (χ4n) is 2.65. The fraction of sp³-hybridized carbons (Fsp3) is 0.300. The average Bonchev–Trinajstić information content (AvgIpc) is 2.70. The van der Waals surface area contributed by atoms with Gasteiger partial charge in [-0.25, -0.2) is 0 Å². The topological polar surface area (TPSA) is 65.1 Å². The molecule has 0 saturated carbocycles. The molecule has 0 fully saturated rings. The van der Waals surface area contributed by atoms with Gasteiger partial charge in [-0.1, -0.05) is 12.1 Å². The first-order chi connectivity index (χ1) is 13.1. The maximum absolute atomic E-state index is 12.4. The molecule has 0 spiro atoms.